The lowest BCUT2D eigenvalue weighted by Gasteiger charge is -2.28. The number of rotatable bonds is 6. The van der Waals surface area contributed by atoms with E-state index in [1.54, 1.807) is 0 Å². The average Bonchev–Trinajstić information content (AvgIpc) is 3.40. The molecule has 0 unspecified atom stereocenters. The molecule has 3 aliphatic rings. The van der Waals surface area contributed by atoms with Gasteiger partial charge < -0.3 is 14.8 Å². The lowest BCUT2D eigenvalue weighted by molar-refractivity contribution is -0.117. The Balaban J connectivity index is 1.58. The first-order valence-corrected chi connectivity index (χ1v) is 10.8. The number of ether oxygens (including phenoxy) is 2. The van der Waals surface area contributed by atoms with E-state index in [9.17, 15) is 13.6 Å². The van der Waals surface area contributed by atoms with Crippen molar-refractivity contribution in [3.63, 3.8) is 0 Å². The number of methoxy groups -OCH3 is 2. The van der Waals surface area contributed by atoms with E-state index < -0.39 is 11.6 Å². The van der Waals surface area contributed by atoms with Crippen LogP contribution in [0.5, 0.6) is 11.5 Å². The van der Waals surface area contributed by atoms with Gasteiger partial charge in [0.2, 0.25) is 5.91 Å². The fourth-order valence-corrected chi connectivity index (χ4v) is 5.32. The van der Waals surface area contributed by atoms with E-state index >= 15 is 0 Å². The maximum atomic E-state index is 15.0. The fourth-order valence-electron chi connectivity index (χ4n) is 5.32. The molecule has 0 spiro atoms. The number of nitrogens with zero attached hydrogens (tertiary/aromatic N) is 1. The third kappa shape index (κ3) is 3.86. The summed E-state index contributed by atoms with van der Waals surface area (Å²) >= 11 is 0. The van der Waals surface area contributed by atoms with Crippen LogP contribution in [-0.2, 0) is 4.79 Å². The van der Waals surface area contributed by atoms with Gasteiger partial charge in [0.25, 0.3) is 0 Å². The Bertz CT molecular complexity index is 942. The lowest BCUT2D eigenvalue weighted by atomic mass is 9.77. The SMILES string of the molecule is C=CC(=O)N[C@@H]1CCC[C@@H]1C1=NCC2=C1CC[C@H](c1c(F)c(OC)cc(OC)c1F)C2. The van der Waals surface area contributed by atoms with E-state index in [0.717, 1.165) is 37.0 Å². The van der Waals surface area contributed by atoms with Crippen molar-refractivity contribution < 1.29 is 23.0 Å². The highest BCUT2D eigenvalue weighted by molar-refractivity contribution is 6.05. The molecule has 1 amide bonds. The molecule has 0 aromatic heterocycles. The van der Waals surface area contributed by atoms with E-state index in [-0.39, 0.29) is 40.8 Å². The summed E-state index contributed by atoms with van der Waals surface area (Å²) in [4.78, 5) is 16.6. The molecular weight excluding hydrogens is 402 g/mol. The highest BCUT2D eigenvalue weighted by Crippen LogP contribution is 2.46. The Kier molecular flexibility index (Phi) is 6.12. The number of amides is 1. The minimum absolute atomic E-state index is 0.0110. The molecule has 1 fully saturated rings. The lowest BCUT2D eigenvalue weighted by Crippen LogP contribution is -2.39. The van der Waals surface area contributed by atoms with Gasteiger partial charge in [0, 0.05) is 29.3 Å². The van der Waals surface area contributed by atoms with E-state index in [1.165, 1.54) is 31.9 Å². The van der Waals surface area contributed by atoms with Crippen LogP contribution in [0.3, 0.4) is 0 Å². The van der Waals surface area contributed by atoms with Crippen molar-refractivity contribution >= 4 is 11.6 Å². The smallest absolute Gasteiger partial charge is 0.243 e. The summed E-state index contributed by atoms with van der Waals surface area (Å²) in [6.45, 7) is 4.10. The molecule has 1 heterocycles. The molecule has 0 bridgehead atoms. The molecule has 5 nitrogen and oxygen atoms in total. The van der Waals surface area contributed by atoms with Crippen LogP contribution in [0.2, 0.25) is 0 Å². The quantitative estimate of drug-likeness (QED) is 0.678. The van der Waals surface area contributed by atoms with Gasteiger partial charge in [-0.1, -0.05) is 13.0 Å². The molecular formula is C24H28F2N2O3. The summed E-state index contributed by atoms with van der Waals surface area (Å²) in [5.41, 5.74) is 3.47. The number of carbonyl (C=O) groups is 1. The Morgan fingerprint density at radius 3 is 2.55 bits per heavy atom. The number of carbonyl (C=O) groups excluding carboxylic acids is 1. The van der Waals surface area contributed by atoms with Crippen LogP contribution in [0.4, 0.5) is 8.78 Å². The maximum absolute atomic E-state index is 15.0. The van der Waals surface area contributed by atoms with Gasteiger partial charge in [0.05, 0.1) is 20.8 Å². The van der Waals surface area contributed by atoms with Gasteiger partial charge in [-0.05, 0) is 55.2 Å². The number of allylic oxidation sites excluding steroid dienone is 1. The standard InChI is InChI=1S/C24H28F2N2O3/c1-4-20(29)28-17-7-5-6-16(17)24-15-9-8-13(10-14(15)12-27-24)21-22(25)18(30-2)11-19(31-3)23(21)26/h4,11,13,16-17H,1,5-10,12H2,2-3H3,(H,28,29)/t13-,16-,17+/m0/s1. The Morgan fingerprint density at radius 1 is 1.19 bits per heavy atom. The number of nitrogens with one attached hydrogen (secondary N) is 1. The van der Waals surface area contributed by atoms with Crippen LogP contribution in [0.1, 0.15) is 50.0 Å². The van der Waals surface area contributed by atoms with Crippen molar-refractivity contribution in [1.82, 2.24) is 5.32 Å². The van der Waals surface area contributed by atoms with Gasteiger partial charge in [0.15, 0.2) is 23.1 Å². The molecule has 2 aliphatic carbocycles. The van der Waals surface area contributed by atoms with Crippen LogP contribution < -0.4 is 14.8 Å². The number of hydrogen-bond acceptors (Lipinski definition) is 4. The fraction of sp³-hybridized carbons (Fsp3) is 0.500. The van der Waals surface area contributed by atoms with Crippen molar-refractivity contribution in [3.8, 4) is 11.5 Å². The summed E-state index contributed by atoms with van der Waals surface area (Å²) in [6.07, 6.45) is 6.15. The first-order chi connectivity index (χ1) is 15.0. The second-order valence-electron chi connectivity index (χ2n) is 8.40. The number of aliphatic imine (C=N–C) groups is 1. The van der Waals surface area contributed by atoms with E-state index in [1.807, 2.05) is 0 Å². The highest BCUT2D eigenvalue weighted by atomic mass is 19.1. The first kappa shape index (κ1) is 21.5. The molecule has 166 valence electrons. The van der Waals surface area contributed by atoms with Crippen molar-refractivity contribution in [2.45, 2.75) is 50.5 Å². The van der Waals surface area contributed by atoms with Gasteiger partial charge in [0.1, 0.15) is 0 Å². The predicted octanol–water partition coefficient (Wildman–Crippen LogP) is 4.47. The largest absolute Gasteiger partial charge is 0.494 e. The van der Waals surface area contributed by atoms with Crippen LogP contribution in [0, 0.1) is 17.6 Å². The molecule has 1 aromatic rings. The third-order valence-electron chi connectivity index (χ3n) is 6.81. The summed E-state index contributed by atoms with van der Waals surface area (Å²) in [5.74, 6) is -1.60. The Morgan fingerprint density at radius 2 is 1.90 bits per heavy atom. The van der Waals surface area contributed by atoms with Crippen molar-refractivity contribution in [3.05, 3.63) is 47.1 Å². The summed E-state index contributed by atoms with van der Waals surface area (Å²) in [5, 5.41) is 3.04. The van der Waals surface area contributed by atoms with Gasteiger partial charge in [-0.3, -0.25) is 9.79 Å². The van der Waals surface area contributed by atoms with Crippen molar-refractivity contribution in [1.29, 1.82) is 0 Å². The van der Waals surface area contributed by atoms with Crippen LogP contribution >= 0.6 is 0 Å². The Labute approximate surface area is 181 Å². The average molecular weight is 430 g/mol. The minimum atomic E-state index is -0.656. The highest BCUT2D eigenvalue weighted by Gasteiger charge is 2.39. The molecule has 31 heavy (non-hydrogen) atoms. The zero-order chi connectivity index (χ0) is 22.1. The predicted molar refractivity (Wildman–Crippen MR) is 115 cm³/mol. The second-order valence-corrected chi connectivity index (χ2v) is 8.40. The Hall–Kier alpha value is -2.70. The van der Waals surface area contributed by atoms with E-state index in [2.05, 4.69) is 11.9 Å². The normalized spacial score (nSPS) is 25.2. The number of benzene rings is 1. The molecule has 4 rings (SSSR count). The molecule has 3 atom stereocenters. The molecule has 0 radical (unpaired) electrons. The zero-order valence-corrected chi connectivity index (χ0v) is 18.0. The maximum Gasteiger partial charge on any atom is 0.243 e. The van der Waals surface area contributed by atoms with Gasteiger partial charge >= 0.3 is 0 Å². The van der Waals surface area contributed by atoms with Crippen LogP contribution in [0.25, 0.3) is 0 Å². The van der Waals surface area contributed by atoms with Crippen LogP contribution in [0.15, 0.2) is 34.9 Å². The van der Waals surface area contributed by atoms with Crippen molar-refractivity contribution in [2.75, 3.05) is 20.8 Å². The number of hydrogen-bond donors (Lipinski definition) is 1. The van der Waals surface area contributed by atoms with Crippen molar-refractivity contribution in [2.24, 2.45) is 10.9 Å². The minimum Gasteiger partial charge on any atom is -0.494 e. The molecule has 7 heteroatoms. The molecule has 1 saturated carbocycles. The summed E-state index contributed by atoms with van der Waals surface area (Å²) in [7, 11) is 2.72. The first-order valence-electron chi connectivity index (χ1n) is 10.8. The van der Waals surface area contributed by atoms with Gasteiger partial charge in [-0.25, -0.2) is 8.78 Å². The molecule has 1 aliphatic heterocycles. The monoisotopic (exact) mass is 430 g/mol. The van der Waals surface area contributed by atoms with Gasteiger partial charge in [-0.2, -0.15) is 0 Å². The summed E-state index contributed by atoms with van der Waals surface area (Å²) < 4.78 is 40.2. The van der Waals surface area contributed by atoms with Gasteiger partial charge in [-0.15, -0.1) is 0 Å². The molecule has 0 saturated heterocycles. The summed E-state index contributed by atoms with van der Waals surface area (Å²) in [6, 6.07) is 1.31. The van der Waals surface area contributed by atoms with E-state index in [4.69, 9.17) is 14.5 Å². The molecule has 1 N–H and O–H groups in total. The molecule has 1 aromatic carbocycles. The zero-order valence-electron chi connectivity index (χ0n) is 18.0. The van der Waals surface area contributed by atoms with E-state index in [0.29, 0.717) is 19.4 Å². The number of halogens is 2. The second kappa shape index (κ2) is 8.81. The van der Waals surface area contributed by atoms with Crippen LogP contribution in [-0.4, -0.2) is 38.4 Å². The topological polar surface area (TPSA) is 59.9 Å². The third-order valence-corrected chi connectivity index (χ3v) is 6.81.